The van der Waals surface area contributed by atoms with Gasteiger partial charge in [0.2, 0.25) is 0 Å². The van der Waals surface area contributed by atoms with Crippen LogP contribution in [0.5, 0.6) is 0 Å². The van der Waals surface area contributed by atoms with Gasteiger partial charge in [0.1, 0.15) is 0 Å². The van der Waals surface area contributed by atoms with Gasteiger partial charge in [-0.2, -0.15) is 4.98 Å². The third kappa shape index (κ3) is 4.49. The van der Waals surface area contributed by atoms with E-state index in [1.807, 2.05) is 19.9 Å². The van der Waals surface area contributed by atoms with E-state index in [1.54, 1.807) is 6.07 Å². The number of aromatic nitrogens is 2. The molecule has 0 aliphatic carbocycles. The van der Waals surface area contributed by atoms with Gasteiger partial charge in [-0.05, 0) is 19.1 Å². The predicted octanol–water partition coefficient (Wildman–Crippen LogP) is 2.71. The summed E-state index contributed by atoms with van der Waals surface area (Å²) in [6, 6.07) is 3.66. The number of carbonyl (C=O) groups is 2. The van der Waals surface area contributed by atoms with E-state index in [9.17, 15) is 9.59 Å². The first-order valence-corrected chi connectivity index (χ1v) is 7.47. The summed E-state index contributed by atoms with van der Waals surface area (Å²) < 4.78 is 9.89. The van der Waals surface area contributed by atoms with Crippen LogP contribution in [0.2, 0.25) is 0 Å². The van der Waals surface area contributed by atoms with Crippen LogP contribution in [0.3, 0.4) is 0 Å². The Hall–Kier alpha value is -2.02. The summed E-state index contributed by atoms with van der Waals surface area (Å²) in [4.78, 5) is 29.2. The number of esters is 1. The molecule has 0 saturated heterocycles. The Morgan fingerprint density at radius 3 is 2.76 bits per heavy atom. The zero-order chi connectivity index (χ0) is 15.2. The summed E-state index contributed by atoms with van der Waals surface area (Å²) in [5.41, 5.74) is 0. The molecule has 2 aromatic heterocycles. The lowest BCUT2D eigenvalue weighted by atomic mass is 10.2. The topological polar surface area (TPSA) is 82.3 Å². The van der Waals surface area contributed by atoms with Crippen molar-refractivity contribution < 1.29 is 18.8 Å². The fourth-order valence-electron chi connectivity index (χ4n) is 1.63. The molecule has 0 aromatic carbocycles. The molecule has 0 aliphatic rings. The molecule has 0 amide bonds. The quantitative estimate of drug-likeness (QED) is 0.578. The summed E-state index contributed by atoms with van der Waals surface area (Å²) in [6.07, 6.45) is 0.847. The van der Waals surface area contributed by atoms with Crippen LogP contribution in [-0.4, -0.2) is 21.9 Å². The minimum atomic E-state index is -0.451. The van der Waals surface area contributed by atoms with Crippen molar-refractivity contribution in [2.45, 2.75) is 39.7 Å². The lowest BCUT2D eigenvalue weighted by molar-refractivity contribution is -0.145. The largest absolute Gasteiger partial charge is 0.456 e. The highest BCUT2D eigenvalue weighted by Gasteiger charge is 2.13. The van der Waals surface area contributed by atoms with Crippen molar-refractivity contribution >= 4 is 23.1 Å². The van der Waals surface area contributed by atoms with E-state index < -0.39 is 5.97 Å². The number of ether oxygens (including phenoxy) is 1. The van der Waals surface area contributed by atoms with Crippen LogP contribution < -0.4 is 0 Å². The minimum absolute atomic E-state index is 0.0453. The van der Waals surface area contributed by atoms with E-state index in [0.29, 0.717) is 17.1 Å². The Labute approximate surface area is 126 Å². The van der Waals surface area contributed by atoms with Crippen molar-refractivity contribution in [2.75, 3.05) is 0 Å². The summed E-state index contributed by atoms with van der Waals surface area (Å²) >= 11 is 1.43. The second-order valence-corrected chi connectivity index (χ2v) is 5.74. The maximum atomic E-state index is 11.8. The summed E-state index contributed by atoms with van der Waals surface area (Å²) in [6.45, 7) is 3.78. The number of carbonyl (C=O) groups excluding carboxylic acids is 2. The SMILES string of the molecule is CCc1noc(COC(=O)CCC(=O)c2ccc(C)s2)n1. The van der Waals surface area contributed by atoms with Crippen LogP contribution in [0, 0.1) is 6.92 Å². The van der Waals surface area contributed by atoms with E-state index in [-0.39, 0.29) is 31.1 Å². The van der Waals surface area contributed by atoms with Gasteiger partial charge >= 0.3 is 5.97 Å². The standard InChI is InChI=1S/C14H16N2O4S/c1-3-12-15-13(20-16-12)8-19-14(18)7-5-10(17)11-6-4-9(2)21-11/h4,6H,3,5,7-8H2,1-2H3. The lowest BCUT2D eigenvalue weighted by Gasteiger charge is -2.00. The number of rotatable bonds is 7. The molecule has 7 heteroatoms. The Morgan fingerprint density at radius 1 is 1.33 bits per heavy atom. The van der Waals surface area contributed by atoms with Crippen molar-refractivity contribution in [1.29, 1.82) is 0 Å². The molecule has 0 fully saturated rings. The molecule has 6 nitrogen and oxygen atoms in total. The average molecular weight is 308 g/mol. The lowest BCUT2D eigenvalue weighted by Crippen LogP contribution is -2.07. The maximum Gasteiger partial charge on any atom is 0.306 e. The van der Waals surface area contributed by atoms with Gasteiger partial charge in [-0.1, -0.05) is 12.1 Å². The molecule has 0 aliphatic heterocycles. The summed E-state index contributed by atoms with van der Waals surface area (Å²) in [5, 5.41) is 3.70. The molecule has 0 N–H and O–H groups in total. The number of thiophene rings is 1. The van der Waals surface area contributed by atoms with Gasteiger partial charge in [0.05, 0.1) is 11.3 Å². The predicted molar refractivity (Wildman–Crippen MR) is 76.1 cm³/mol. The fraction of sp³-hybridized carbons (Fsp3) is 0.429. The first-order chi connectivity index (χ1) is 10.1. The van der Waals surface area contributed by atoms with Crippen LogP contribution in [-0.2, 0) is 22.6 Å². The molecule has 2 heterocycles. The first-order valence-electron chi connectivity index (χ1n) is 6.65. The second kappa shape index (κ2) is 7.12. The van der Waals surface area contributed by atoms with Crippen LogP contribution in [0.4, 0.5) is 0 Å². The van der Waals surface area contributed by atoms with Crippen LogP contribution >= 0.6 is 11.3 Å². The van der Waals surface area contributed by atoms with Crippen LogP contribution in [0.15, 0.2) is 16.7 Å². The zero-order valence-electron chi connectivity index (χ0n) is 11.9. The van der Waals surface area contributed by atoms with Crippen molar-refractivity contribution in [1.82, 2.24) is 10.1 Å². The highest BCUT2D eigenvalue weighted by molar-refractivity contribution is 7.14. The summed E-state index contributed by atoms with van der Waals surface area (Å²) in [7, 11) is 0. The Morgan fingerprint density at radius 2 is 2.14 bits per heavy atom. The third-order valence-corrected chi connectivity index (χ3v) is 3.80. The monoisotopic (exact) mass is 308 g/mol. The number of ketones is 1. The molecule has 0 radical (unpaired) electrons. The molecule has 0 saturated carbocycles. The van der Waals surface area contributed by atoms with Gasteiger partial charge in [0.25, 0.3) is 5.89 Å². The number of nitrogens with zero attached hydrogens (tertiary/aromatic N) is 2. The van der Waals surface area contributed by atoms with Crippen molar-refractivity contribution in [3.05, 3.63) is 33.6 Å². The molecule has 2 aromatic rings. The van der Waals surface area contributed by atoms with Gasteiger partial charge in [-0.15, -0.1) is 11.3 Å². The van der Waals surface area contributed by atoms with Crippen molar-refractivity contribution in [3.8, 4) is 0 Å². The third-order valence-electron chi connectivity index (χ3n) is 2.75. The van der Waals surface area contributed by atoms with E-state index in [1.165, 1.54) is 11.3 Å². The highest BCUT2D eigenvalue weighted by atomic mass is 32.1. The number of Topliss-reactive ketones (excluding diaryl/α,β-unsaturated/α-hetero) is 1. The van der Waals surface area contributed by atoms with E-state index in [4.69, 9.17) is 9.26 Å². The fourth-order valence-corrected chi connectivity index (χ4v) is 2.46. The second-order valence-electron chi connectivity index (χ2n) is 4.45. The molecule has 2 rings (SSSR count). The smallest absolute Gasteiger partial charge is 0.306 e. The molecule has 112 valence electrons. The molecule has 0 spiro atoms. The molecule has 21 heavy (non-hydrogen) atoms. The van der Waals surface area contributed by atoms with E-state index >= 15 is 0 Å². The molecular weight excluding hydrogens is 292 g/mol. The van der Waals surface area contributed by atoms with Gasteiger partial charge in [0, 0.05) is 17.7 Å². The number of hydrogen-bond donors (Lipinski definition) is 0. The molecular formula is C14H16N2O4S. The highest BCUT2D eigenvalue weighted by Crippen LogP contribution is 2.17. The molecule has 0 unspecified atom stereocenters. The van der Waals surface area contributed by atoms with E-state index in [2.05, 4.69) is 10.1 Å². The Balaban J connectivity index is 1.73. The minimum Gasteiger partial charge on any atom is -0.456 e. The van der Waals surface area contributed by atoms with Crippen molar-refractivity contribution in [3.63, 3.8) is 0 Å². The summed E-state index contributed by atoms with van der Waals surface area (Å²) in [5.74, 6) is 0.341. The van der Waals surface area contributed by atoms with Crippen LogP contribution in [0.25, 0.3) is 0 Å². The zero-order valence-corrected chi connectivity index (χ0v) is 12.7. The van der Waals surface area contributed by atoms with Crippen LogP contribution in [0.1, 0.15) is 46.0 Å². The first kappa shape index (κ1) is 15.4. The van der Waals surface area contributed by atoms with Gasteiger partial charge < -0.3 is 9.26 Å². The maximum absolute atomic E-state index is 11.8. The average Bonchev–Trinajstić information content (AvgIpc) is 3.11. The molecule has 0 atom stereocenters. The Bertz CT molecular complexity index is 632. The molecule has 0 bridgehead atoms. The van der Waals surface area contributed by atoms with Crippen molar-refractivity contribution in [2.24, 2.45) is 0 Å². The van der Waals surface area contributed by atoms with Gasteiger partial charge in [-0.25, -0.2) is 0 Å². The normalized spacial score (nSPS) is 10.6. The number of aryl methyl sites for hydroxylation is 2. The van der Waals surface area contributed by atoms with E-state index in [0.717, 1.165) is 4.88 Å². The number of hydrogen-bond acceptors (Lipinski definition) is 7. The van der Waals surface area contributed by atoms with Gasteiger partial charge in [-0.3, -0.25) is 9.59 Å². The Kier molecular flexibility index (Phi) is 5.21. The van der Waals surface area contributed by atoms with Gasteiger partial charge in [0.15, 0.2) is 18.2 Å².